The van der Waals surface area contributed by atoms with Crippen molar-refractivity contribution in [1.29, 1.82) is 0 Å². The Kier molecular flexibility index (Phi) is 7.25. The minimum Gasteiger partial charge on any atom is -0.368 e. The van der Waals surface area contributed by atoms with Gasteiger partial charge in [0, 0.05) is 19.2 Å². The predicted molar refractivity (Wildman–Crippen MR) is 93.9 cm³/mol. The molecule has 2 amide bonds. The van der Waals surface area contributed by atoms with E-state index in [9.17, 15) is 9.59 Å². The molecule has 0 unspecified atom stereocenters. The van der Waals surface area contributed by atoms with Crippen LogP contribution < -0.4 is 10.6 Å². The molecule has 2 N–H and O–H groups in total. The van der Waals surface area contributed by atoms with Crippen molar-refractivity contribution in [3.8, 4) is 0 Å². The molecular formula is C19H28N2O3. The van der Waals surface area contributed by atoms with Crippen molar-refractivity contribution in [2.24, 2.45) is 5.92 Å². The number of carbonyl (C=O) groups excluding carboxylic acids is 2. The van der Waals surface area contributed by atoms with E-state index in [1.807, 2.05) is 18.2 Å². The summed E-state index contributed by atoms with van der Waals surface area (Å²) in [4.78, 5) is 23.5. The SMILES string of the molecule is CNC(=O)c1cccc(CCNC(=O)CO[C@H]2CCC[C@@H](C)C2)c1. The molecule has 1 aliphatic rings. The quantitative estimate of drug-likeness (QED) is 0.805. The lowest BCUT2D eigenvalue weighted by Crippen LogP contribution is -2.32. The van der Waals surface area contributed by atoms with Crippen LogP contribution in [0.5, 0.6) is 0 Å². The fourth-order valence-corrected chi connectivity index (χ4v) is 3.13. The number of amides is 2. The summed E-state index contributed by atoms with van der Waals surface area (Å²) in [6.45, 7) is 2.92. The van der Waals surface area contributed by atoms with E-state index in [1.165, 1.54) is 12.8 Å². The minimum atomic E-state index is -0.101. The van der Waals surface area contributed by atoms with Crippen LogP contribution in [-0.4, -0.2) is 38.1 Å². The van der Waals surface area contributed by atoms with Crippen LogP contribution in [0.4, 0.5) is 0 Å². The first-order valence-corrected chi connectivity index (χ1v) is 8.77. The summed E-state index contributed by atoms with van der Waals surface area (Å²) in [7, 11) is 1.61. The smallest absolute Gasteiger partial charge is 0.251 e. The highest BCUT2D eigenvalue weighted by Crippen LogP contribution is 2.25. The molecule has 2 rings (SSSR count). The van der Waals surface area contributed by atoms with Gasteiger partial charge in [-0.1, -0.05) is 31.9 Å². The highest BCUT2D eigenvalue weighted by Gasteiger charge is 2.19. The first-order chi connectivity index (χ1) is 11.6. The van der Waals surface area contributed by atoms with Gasteiger partial charge in [0.2, 0.25) is 5.91 Å². The van der Waals surface area contributed by atoms with Gasteiger partial charge in [-0.25, -0.2) is 0 Å². The van der Waals surface area contributed by atoms with E-state index in [0.717, 1.165) is 18.4 Å². The lowest BCUT2D eigenvalue weighted by atomic mass is 9.89. The summed E-state index contributed by atoms with van der Waals surface area (Å²) >= 11 is 0. The Morgan fingerprint density at radius 3 is 2.88 bits per heavy atom. The maximum absolute atomic E-state index is 11.9. The Morgan fingerprint density at radius 1 is 1.29 bits per heavy atom. The van der Waals surface area contributed by atoms with Crippen LogP contribution in [0, 0.1) is 5.92 Å². The molecule has 0 heterocycles. The first kappa shape index (κ1) is 18.5. The van der Waals surface area contributed by atoms with E-state index in [4.69, 9.17) is 4.74 Å². The number of ether oxygens (including phenoxy) is 1. The zero-order chi connectivity index (χ0) is 17.4. The van der Waals surface area contributed by atoms with Gasteiger partial charge in [0.25, 0.3) is 5.91 Å². The zero-order valence-electron chi connectivity index (χ0n) is 14.6. The topological polar surface area (TPSA) is 67.4 Å². The third-order valence-electron chi connectivity index (χ3n) is 4.49. The highest BCUT2D eigenvalue weighted by atomic mass is 16.5. The summed E-state index contributed by atoms with van der Waals surface area (Å²) in [6, 6.07) is 7.44. The second-order valence-corrected chi connectivity index (χ2v) is 6.58. The summed E-state index contributed by atoms with van der Waals surface area (Å²) in [5, 5.41) is 5.49. The average Bonchev–Trinajstić information content (AvgIpc) is 2.59. The van der Waals surface area contributed by atoms with E-state index >= 15 is 0 Å². The molecule has 1 aromatic carbocycles. The number of carbonyl (C=O) groups is 2. The van der Waals surface area contributed by atoms with Crippen molar-refractivity contribution >= 4 is 11.8 Å². The van der Waals surface area contributed by atoms with Crippen LogP contribution in [-0.2, 0) is 16.0 Å². The van der Waals surface area contributed by atoms with Gasteiger partial charge in [-0.15, -0.1) is 0 Å². The molecule has 5 nitrogen and oxygen atoms in total. The highest BCUT2D eigenvalue weighted by molar-refractivity contribution is 5.94. The Hall–Kier alpha value is -1.88. The van der Waals surface area contributed by atoms with E-state index in [1.54, 1.807) is 13.1 Å². The molecular weight excluding hydrogens is 304 g/mol. The predicted octanol–water partition coefficient (Wildman–Crippen LogP) is 2.30. The van der Waals surface area contributed by atoms with E-state index < -0.39 is 0 Å². The number of rotatable bonds is 7. The van der Waals surface area contributed by atoms with Gasteiger partial charge in [-0.05, 0) is 42.9 Å². The molecule has 1 aromatic rings. The van der Waals surface area contributed by atoms with Crippen LogP contribution in [0.3, 0.4) is 0 Å². The van der Waals surface area contributed by atoms with Gasteiger partial charge in [0.15, 0.2) is 0 Å². The number of nitrogens with one attached hydrogen (secondary N) is 2. The van der Waals surface area contributed by atoms with Crippen molar-refractivity contribution in [3.05, 3.63) is 35.4 Å². The number of benzene rings is 1. The normalized spacial score (nSPS) is 20.4. The molecule has 1 aliphatic carbocycles. The summed E-state index contributed by atoms with van der Waals surface area (Å²) in [6.07, 6.45) is 5.49. The third kappa shape index (κ3) is 5.96. The van der Waals surface area contributed by atoms with Crippen molar-refractivity contribution in [2.45, 2.75) is 45.1 Å². The second-order valence-electron chi connectivity index (χ2n) is 6.58. The van der Waals surface area contributed by atoms with Crippen LogP contribution in [0.15, 0.2) is 24.3 Å². The van der Waals surface area contributed by atoms with Gasteiger partial charge < -0.3 is 15.4 Å². The summed E-state index contributed by atoms with van der Waals surface area (Å²) in [5.41, 5.74) is 1.66. The van der Waals surface area contributed by atoms with Crippen molar-refractivity contribution in [3.63, 3.8) is 0 Å². The second kappa shape index (κ2) is 9.42. The fraction of sp³-hybridized carbons (Fsp3) is 0.579. The largest absolute Gasteiger partial charge is 0.368 e. The Labute approximate surface area is 144 Å². The molecule has 132 valence electrons. The van der Waals surface area contributed by atoms with Gasteiger partial charge in [-0.3, -0.25) is 9.59 Å². The van der Waals surface area contributed by atoms with E-state index in [0.29, 0.717) is 24.4 Å². The summed E-state index contributed by atoms with van der Waals surface area (Å²) < 4.78 is 5.72. The maximum Gasteiger partial charge on any atom is 0.251 e. The molecule has 5 heteroatoms. The van der Waals surface area contributed by atoms with Crippen LogP contribution in [0.2, 0.25) is 0 Å². The fourth-order valence-electron chi connectivity index (χ4n) is 3.13. The molecule has 2 atom stereocenters. The standard InChI is InChI=1S/C19H28N2O3/c1-14-5-3-8-17(11-14)24-13-18(22)21-10-9-15-6-4-7-16(12-15)19(23)20-2/h4,6-7,12,14,17H,3,5,8-11,13H2,1-2H3,(H,20,23)(H,21,22)/t14-,17+/m1/s1. The molecule has 1 fully saturated rings. The van der Waals surface area contributed by atoms with E-state index in [-0.39, 0.29) is 24.5 Å². The Morgan fingerprint density at radius 2 is 2.12 bits per heavy atom. The van der Waals surface area contributed by atoms with E-state index in [2.05, 4.69) is 17.6 Å². The minimum absolute atomic E-state index is 0.0734. The van der Waals surface area contributed by atoms with Crippen LogP contribution >= 0.6 is 0 Å². The van der Waals surface area contributed by atoms with Gasteiger partial charge in [0.05, 0.1) is 6.10 Å². The molecule has 0 saturated heterocycles. The number of hydrogen-bond acceptors (Lipinski definition) is 3. The summed E-state index contributed by atoms with van der Waals surface area (Å²) in [5.74, 6) is 0.520. The number of hydrogen-bond donors (Lipinski definition) is 2. The van der Waals surface area contributed by atoms with Crippen LogP contribution in [0.1, 0.15) is 48.5 Å². The molecule has 0 spiro atoms. The third-order valence-corrected chi connectivity index (χ3v) is 4.49. The molecule has 0 aliphatic heterocycles. The van der Waals surface area contributed by atoms with Gasteiger partial charge in [0.1, 0.15) is 6.61 Å². The lowest BCUT2D eigenvalue weighted by Gasteiger charge is -2.26. The monoisotopic (exact) mass is 332 g/mol. The molecule has 1 saturated carbocycles. The van der Waals surface area contributed by atoms with Crippen molar-refractivity contribution in [1.82, 2.24) is 10.6 Å². The first-order valence-electron chi connectivity index (χ1n) is 8.77. The molecule has 0 aromatic heterocycles. The molecule has 0 bridgehead atoms. The zero-order valence-corrected chi connectivity index (χ0v) is 14.6. The molecule has 24 heavy (non-hydrogen) atoms. The Bertz CT molecular complexity index is 559. The maximum atomic E-state index is 11.9. The van der Waals surface area contributed by atoms with Crippen LogP contribution in [0.25, 0.3) is 0 Å². The average molecular weight is 332 g/mol. The van der Waals surface area contributed by atoms with Crippen molar-refractivity contribution < 1.29 is 14.3 Å². The molecule has 0 radical (unpaired) electrons. The van der Waals surface area contributed by atoms with Gasteiger partial charge in [-0.2, -0.15) is 0 Å². The lowest BCUT2D eigenvalue weighted by molar-refractivity contribution is -0.128. The van der Waals surface area contributed by atoms with Crippen molar-refractivity contribution in [2.75, 3.05) is 20.2 Å². The Balaban J connectivity index is 1.68. The van der Waals surface area contributed by atoms with Gasteiger partial charge >= 0.3 is 0 Å².